The maximum Gasteiger partial charge on any atom is 0.490 e. The number of hydrogen-bond donors (Lipinski definition) is 7. The van der Waals surface area contributed by atoms with Gasteiger partial charge in [-0.1, -0.05) is 5.92 Å². The number of rotatable bonds is 8. The van der Waals surface area contributed by atoms with Crippen LogP contribution in [0, 0.1) is 11.8 Å². The molecule has 0 saturated carbocycles. The highest BCUT2D eigenvalue weighted by Gasteiger charge is 2.56. The fourth-order valence-corrected chi connectivity index (χ4v) is 5.30. The number of nitrogen functional groups attached to an aromatic ring is 1. The monoisotopic (exact) mass is 523 g/mol. The Morgan fingerprint density at radius 1 is 1.31 bits per heavy atom. The van der Waals surface area contributed by atoms with E-state index in [1.54, 1.807) is 0 Å². The molecule has 1 saturated heterocycles. The first-order valence-corrected chi connectivity index (χ1v) is 12.4. The highest BCUT2D eigenvalue weighted by atomic mass is 31.3. The van der Waals surface area contributed by atoms with Gasteiger partial charge in [0.1, 0.15) is 18.0 Å². The van der Waals surface area contributed by atoms with E-state index in [9.17, 15) is 38.5 Å². The highest BCUT2D eigenvalue weighted by molar-refractivity contribution is 7.66. The van der Waals surface area contributed by atoms with Crippen molar-refractivity contribution in [2.45, 2.75) is 31.0 Å². The Kier molecular flexibility index (Phi) is 6.97. The molecule has 2 heterocycles. The molecule has 6 atom stereocenters. The van der Waals surface area contributed by atoms with Crippen molar-refractivity contribution >= 4 is 29.3 Å². The molecule has 0 radical (unpaired) electrons. The average molecular weight is 523 g/mol. The Morgan fingerprint density at radius 2 is 1.94 bits per heavy atom. The summed E-state index contributed by atoms with van der Waals surface area (Å²) >= 11 is 0. The first-order valence-electron chi connectivity index (χ1n) is 8.92. The van der Waals surface area contributed by atoms with Crippen molar-refractivity contribution in [2.75, 3.05) is 12.3 Å². The fourth-order valence-electron chi connectivity index (χ4n) is 2.42. The second kappa shape index (κ2) is 9.41. The van der Waals surface area contributed by atoms with E-state index in [-0.39, 0.29) is 5.82 Å². The Balaban J connectivity index is 2.40. The van der Waals surface area contributed by atoms with Gasteiger partial charge in [-0.25, -0.2) is 18.5 Å². The van der Waals surface area contributed by atoms with E-state index < -0.39 is 59.8 Å². The van der Waals surface area contributed by atoms with Crippen LogP contribution in [-0.4, -0.2) is 63.7 Å². The van der Waals surface area contributed by atoms with Crippen molar-refractivity contribution in [1.82, 2.24) is 9.55 Å². The summed E-state index contributed by atoms with van der Waals surface area (Å²) in [5.74, 6) is 4.12. The lowest BCUT2D eigenvalue weighted by Crippen LogP contribution is -2.47. The summed E-state index contributed by atoms with van der Waals surface area (Å²) in [5, 5.41) is 21.4. The summed E-state index contributed by atoms with van der Waals surface area (Å²) in [6.07, 6.45) is -5.82. The van der Waals surface area contributed by atoms with Crippen molar-refractivity contribution < 1.29 is 64.1 Å². The van der Waals surface area contributed by atoms with Gasteiger partial charge in [-0.2, -0.15) is 13.6 Å². The van der Waals surface area contributed by atoms with Crippen molar-refractivity contribution in [3.63, 3.8) is 0 Å². The van der Waals surface area contributed by atoms with Crippen LogP contribution in [0.5, 0.6) is 0 Å². The molecule has 8 N–H and O–H groups in total. The van der Waals surface area contributed by atoms with Gasteiger partial charge < -0.3 is 40.3 Å². The number of ether oxygens (including phenoxy) is 1. The quantitative estimate of drug-likeness (QED) is 0.146. The number of aliphatic hydroxyl groups is 2. The van der Waals surface area contributed by atoms with E-state index in [1.165, 1.54) is 6.92 Å². The molecule has 1 aromatic rings. The van der Waals surface area contributed by atoms with Gasteiger partial charge in [-0.05, 0) is 13.0 Å². The summed E-state index contributed by atoms with van der Waals surface area (Å²) < 4.78 is 66.7. The fraction of sp³-hybridized carbons (Fsp3) is 0.500. The van der Waals surface area contributed by atoms with Gasteiger partial charge in [0, 0.05) is 6.20 Å². The van der Waals surface area contributed by atoms with Crippen LogP contribution in [0.3, 0.4) is 0 Å². The topological polar surface area (TPSA) is 270 Å². The molecule has 0 amide bonds. The van der Waals surface area contributed by atoms with Crippen LogP contribution in [0.1, 0.15) is 15.9 Å². The largest absolute Gasteiger partial charge is 0.490 e. The molecule has 20 heteroatoms. The van der Waals surface area contributed by atoms with Gasteiger partial charge in [-0.3, -0.25) is 9.09 Å². The maximum atomic E-state index is 12.2. The molecule has 17 nitrogen and oxygen atoms in total. The van der Waals surface area contributed by atoms with E-state index >= 15 is 0 Å². The van der Waals surface area contributed by atoms with Gasteiger partial charge in [0.25, 0.3) is 0 Å². The minimum atomic E-state index is -6.03. The zero-order valence-corrected chi connectivity index (χ0v) is 18.3. The lowest BCUT2D eigenvalue weighted by Gasteiger charge is -2.26. The molecule has 1 aromatic heterocycles. The predicted molar refractivity (Wildman–Crippen MR) is 101 cm³/mol. The predicted octanol–water partition coefficient (Wildman–Crippen LogP) is -1.82. The van der Waals surface area contributed by atoms with E-state index in [4.69, 9.17) is 23.0 Å². The SMILES string of the molecule is [2H]C([2H])(OP(=O)(O)OP(=O)(O)OP(=O)(O)O)[C@H]1O[C@@H](n2ccc(N)nc2=O)C(O)(C#CC)[C@H]1O. The molecule has 32 heavy (non-hydrogen) atoms. The van der Waals surface area contributed by atoms with Crippen molar-refractivity contribution in [1.29, 1.82) is 0 Å². The van der Waals surface area contributed by atoms with Gasteiger partial charge >= 0.3 is 29.2 Å². The lowest BCUT2D eigenvalue weighted by molar-refractivity contribution is -0.0761. The third-order valence-electron chi connectivity index (χ3n) is 3.52. The Hall–Kier alpha value is -1.47. The second-order valence-electron chi connectivity index (χ2n) is 5.90. The summed E-state index contributed by atoms with van der Waals surface area (Å²) in [5.41, 5.74) is 1.52. The normalized spacial score (nSPS) is 30.9. The molecule has 180 valence electrons. The van der Waals surface area contributed by atoms with Crippen LogP contribution in [0.25, 0.3) is 0 Å². The highest BCUT2D eigenvalue weighted by Crippen LogP contribution is 2.66. The number of aromatic nitrogens is 2. The van der Waals surface area contributed by atoms with Gasteiger partial charge in [0.05, 0.1) is 9.30 Å². The van der Waals surface area contributed by atoms with Crippen LogP contribution >= 0.6 is 23.5 Å². The van der Waals surface area contributed by atoms with Gasteiger partial charge in [0.15, 0.2) is 11.8 Å². The van der Waals surface area contributed by atoms with Crippen LogP contribution in [-0.2, 0) is 31.6 Å². The van der Waals surface area contributed by atoms with Crippen molar-refractivity contribution in [2.24, 2.45) is 0 Å². The zero-order chi connectivity index (χ0) is 26.3. The van der Waals surface area contributed by atoms with E-state index in [2.05, 4.69) is 30.0 Å². The molecular formula is C12H18N3O14P3. The molecule has 1 aliphatic heterocycles. The first-order chi connectivity index (χ1) is 15.2. The van der Waals surface area contributed by atoms with Crippen LogP contribution < -0.4 is 11.4 Å². The summed E-state index contributed by atoms with van der Waals surface area (Å²) in [6, 6.07) is 1.09. The average Bonchev–Trinajstić information content (AvgIpc) is 2.83. The first kappa shape index (κ1) is 23.7. The molecule has 0 spiro atoms. The third-order valence-corrected chi connectivity index (χ3v) is 7.18. The van der Waals surface area contributed by atoms with Crippen LogP contribution in [0.15, 0.2) is 17.1 Å². The Morgan fingerprint density at radius 3 is 2.47 bits per heavy atom. The Bertz CT molecular complexity index is 1210. The minimum Gasteiger partial charge on any atom is -0.386 e. The molecule has 0 aromatic carbocycles. The van der Waals surface area contributed by atoms with Crippen molar-refractivity contribution in [3.05, 3.63) is 22.7 Å². The van der Waals surface area contributed by atoms with Crippen LogP contribution in [0.2, 0.25) is 0 Å². The number of phosphoric acid groups is 3. The third kappa shape index (κ3) is 6.53. The van der Waals surface area contributed by atoms with Crippen LogP contribution in [0.4, 0.5) is 5.82 Å². The molecule has 2 rings (SSSR count). The Labute approximate surface area is 181 Å². The number of aliphatic hydroxyl groups excluding tert-OH is 1. The molecule has 1 fully saturated rings. The molecule has 3 unspecified atom stereocenters. The molecule has 0 bridgehead atoms. The number of phosphoric ester groups is 1. The smallest absolute Gasteiger partial charge is 0.386 e. The standard InChI is InChI=1S/C12H18N3O14P3/c1-2-4-12(18)9(16)7(27-10(12)15-5-3-8(13)14-11(15)17)6-26-31(22,23)29-32(24,25)28-30(19,20)21/h3,5,7,9-10,16,18H,6H2,1H3,(H,22,23)(H,24,25)(H2,13,14,17)(H2,19,20,21)/t7-,9+,10-,12?/m1/s1/i6D2. The lowest BCUT2D eigenvalue weighted by atomic mass is 9.94. The van der Waals surface area contributed by atoms with Gasteiger partial charge in [0.2, 0.25) is 0 Å². The van der Waals surface area contributed by atoms with E-state index in [0.29, 0.717) is 4.57 Å². The number of nitrogens with two attached hydrogens (primary N) is 1. The molecule has 1 aliphatic rings. The number of anilines is 1. The molecular weight excluding hydrogens is 503 g/mol. The zero-order valence-electron chi connectivity index (χ0n) is 17.6. The maximum absolute atomic E-state index is 12.2. The van der Waals surface area contributed by atoms with Gasteiger partial charge in [-0.15, -0.1) is 5.92 Å². The van der Waals surface area contributed by atoms with E-state index in [0.717, 1.165) is 12.3 Å². The van der Waals surface area contributed by atoms with Crippen molar-refractivity contribution in [3.8, 4) is 11.8 Å². The number of nitrogens with zero attached hydrogens (tertiary/aromatic N) is 2. The second-order valence-corrected chi connectivity index (χ2v) is 10.2. The minimum absolute atomic E-state index is 0.232. The number of hydrogen-bond acceptors (Lipinski definition) is 12. The van der Waals surface area contributed by atoms with E-state index in [1.807, 2.05) is 0 Å². The molecule has 0 aliphatic carbocycles. The summed E-state index contributed by atoms with van der Waals surface area (Å²) in [6.45, 7) is -2.44. The summed E-state index contributed by atoms with van der Waals surface area (Å²) in [7, 11) is -17.7. The summed E-state index contributed by atoms with van der Waals surface area (Å²) in [4.78, 5) is 51.4.